The SMILES string of the molecule is Cc1nc2ccc(CC(=O)NCC3COc4ccccc4C3)cc2[nH]1. The molecule has 0 aliphatic carbocycles. The van der Waals surface area contributed by atoms with Crippen LogP contribution in [0.1, 0.15) is 17.0 Å². The highest BCUT2D eigenvalue weighted by atomic mass is 16.5. The summed E-state index contributed by atoms with van der Waals surface area (Å²) in [6.45, 7) is 3.21. The summed E-state index contributed by atoms with van der Waals surface area (Å²) in [4.78, 5) is 19.8. The van der Waals surface area contributed by atoms with E-state index in [-0.39, 0.29) is 5.91 Å². The number of aromatic nitrogens is 2. The lowest BCUT2D eigenvalue weighted by Crippen LogP contribution is -2.35. The number of carbonyl (C=O) groups excluding carboxylic acids is 1. The average molecular weight is 335 g/mol. The number of imidazole rings is 1. The van der Waals surface area contributed by atoms with E-state index < -0.39 is 0 Å². The van der Waals surface area contributed by atoms with Crippen molar-refractivity contribution in [1.82, 2.24) is 15.3 Å². The Hall–Kier alpha value is -2.82. The van der Waals surface area contributed by atoms with Crippen molar-refractivity contribution in [2.24, 2.45) is 5.92 Å². The minimum atomic E-state index is 0.0365. The molecule has 0 fully saturated rings. The minimum Gasteiger partial charge on any atom is -0.493 e. The predicted octanol–water partition coefficient (Wildman–Crippen LogP) is 2.78. The van der Waals surface area contributed by atoms with Gasteiger partial charge in [-0.15, -0.1) is 0 Å². The first-order valence-electron chi connectivity index (χ1n) is 8.60. The number of ether oxygens (including phenoxy) is 1. The van der Waals surface area contributed by atoms with Crippen LogP contribution in [0.25, 0.3) is 11.0 Å². The Morgan fingerprint density at radius 2 is 2.20 bits per heavy atom. The summed E-state index contributed by atoms with van der Waals surface area (Å²) in [5.74, 6) is 2.20. The molecular weight excluding hydrogens is 314 g/mol. The van der Waals surface area contributed by atoms with Gasteiger partial charge in [-0.1, -0.05) is 24.3 Å². The van der Waals surface area contributed by atoms with Crippen LogP contribution in [0.4, 0.5) is 0 Å². The molecule has 5 nitrogen and oxygen atoms in total. The van der Waals surface area contributed by atoms with E-state index in [4.69, 9.17) is 4.74 Å². The maximum absolute atomic E-state index is 12.3. The first-order valence-corrected chi connectivity index (χ1v) is 8.60. The predicted molar refractivity (Wildman–Crippen MR) is 96.7 cm³/mol. The Morgan fingerprint density at radius 1 is 1.32 bits per heavy atom. The fraction of sp³-hybridized carbons (Fsp3) is 0.300. The summed E-state index contributed by atoms with van der Waals surface area (Å²) in [7, 11) is 0. The second-order valence-electron chi connectivity index (χ2n) is 6.64. The van der Waals surface area contributed by atoms with Crippen molar-refractivity contribution in [1.29, 1.82) is 0 Å². The summed E-state index contributed by atoms with van der Waals surface area (Å²) in [5, 5.41) is 3.04. The molecule has 2 N–H and O–H groups in total. The number of fused-ring (bicyclic) bond motifs is 2. The Bertz CT molecular complexity index is 916. The molecule has 3 aromatic rings. The van der Waals surface area contributed by atoms with E-state index in [9.17, 15) is 4.79 Å². The van der Waals surface area contributed by atoms with Gasteiger partial charge < -0.3 is 15.0 Å². The van der Waals surface area contributed by atoms with Crippen molar-refractivity contribution in [2.45, 2.75) is 19.8 Å². The highest BCUT2D eigenvalue weighted by molar-refractivity contribution is 5.81. The Balaban J connectivity index is 1.33. The Kier molecular flexibility index (Phi) is 4.14. The zero-order chi connectivity index (χ0) is 17.2. The molecule has 5 heteroatoms. The van der Waals surface area contributed by atoms with Gasteiger partial charge in [0.2, 0.25) is 5.91 Å². The van der Waals surface area contributed by atoms with Crippen molar-refractivity contribution in [3.05, 3.63) is 59.4 Å². The molecule has 25 heavy (non-hydrogen) atoms. The monoisotopic (exact) mass is 335 g/mol. The smallest absolute Gasteiger partial charge is 0.224 e. The van der Waals surface area contributed by atoms with E-state index in [2.05, 4.69) is 21.4 Å². The molecule has 1 unspecified atom stereocenters. The molecule has 1 amide bonds. The number of amides is 1. The molecule has 0 saturated carbocycles. The second kappa shape index (κ2) is 6.59. The Morgan fingerprint density at radius 3 is 3.12 bits per heavy atom. The van der Waals surface area contributed by atoms with Gasteiger partial charge in [-0.05, 0) is 42.7 Å². The van der Waals surface area contributed by atoms with Crippen molar-refractivity contribution in [3.63, 3.8) is 0 Å². The standard InChI is InChI=1S/C20H21N3O2/c1-13-22-17-7-6-14(9-18(17)23-13)10-20(24)21-11-15-8-16-4-2-3-5-19(16)25-12-15/h2-7,9,15H,8,10-12H2,1H3,(H,21,24)(H,22,23). The van der Waals surface area contributed by atoms with Crippen molar-refractivity contribution < 1.29 is 9.53 Å². The van der Waals surface area contributed by atoms with Gasteiger partial charge in [-0.25, -0.2) is 4.98 Å². The van der Waals surface area contributed by atoms with E-state index in [0.29, 0.717) is 25.5 Å². The molecular formula is C20H21N3O2. The largest absolute Gasteiger partial charge is 0.493 e. The van der Waals surface area contributed by atoms with Gasteiger partial charge in [-0.2, -0.15) is 0 Å². The maximum atomic E-state index is 12.3. The minimum absolute atomic E-state index is 0.0365. The van der Waals surface area contributed by atoms with Crippen LogP contribution in [0.3, 0.4) is 0 Å². The highest BCUT2D eigenvalue weighted by Gasteiger charge is 2.20. The van der Waals surface area contributed by atoms with Gasteiger partial charge in [0.05, 0.1) is 24.1 Å². The van der Waals surface area contributed by atoms with Crippen LogP contribution in [-0.2, 0) is 17.6 Å². The summed E-state index contributed by atoms with van der Waals surface area (Å²) >= 11 is 0. The molecule has 0 bridgehead atoms. The number of nitrogens with one attached hydrogen (secondary N) is 2. The molecule has 1 aromatic heterocycles. The lowest BCUT2D eigenvalue weighted by molar-refractivity contribution is -0.120. The van der Waals surface area contributed by atoms with Crippen molar-refractivity contribution >= 4 is 16.9 Å². The third-order valence-electron chi connectivity index (χ3n) is 4.57. The topological polar surface area (TPSA) is 67.0 Å². The van der Waals surface area contributed by atoms with Crippen LogP contribution in [0.15, 0.2) is 42.5 Å². The molecule has 0 saturated heterocycles. The van der Waals surface area contributed by atoms with Crippen LogP contribution in [0, 0.1) is 12.8 Å². The third kappa shape index (κ3) is 3.50. The number of aryl methyl sites for hydroxylation is 1. The van der Waals surface area contributed by atoms with Crippen LogP contribution in [0.5, 0.6) is 5.75 Å². The fourth-order valence-electron chi connectivity index (χ4n) is 3.32. The first kappa shape index (κ1) is 15.7. The molecule has 0 radical (unpaired) electrons. The number of H-pyrrole nitrogens is 1. The first-order chi connectivity index (χ1) is 12.2. The summed E-state index contributed by atoms with van der Waals surface area (Å²) in [5.41, 5.74) is 4.10. The van der Waals surface area contributed by atoms with Gasteiger partial charge >= 0.3 is 0 Å². The molecule has 0 spiro atoms. The summed E-state index contributed by atoms with van der Waals surface area (Å²) in [6, 6.07) is 14.0. The van der Waals surface area contributed by atoms with Gasteiger partial charge in [0.25, 0.3) is 0 Å². The molecule has 2 aromatic carbocycles. The van der Waals surface area contributed by atoms with Gasteiger partial charge in [0.15, 0.2) is 0 Å². The van der Waals surface area contributed by atoms with E-state index in [1.807, 2.05) is 43.3 Å². The van der Waals surface area contributed by atoms with Crippen LogP contribution in [-0.4, -0.2) is 29.0 Å². The molecule has 4 rings (SSSR count). The number of hydrogen-bond donors (Lipinski definition) is 2. The number of hydrogen-bond acceptors (Lipinski definition) is 3. The van der Waals surface area contributed by atoms with Crippen molar-refractivity contribution in [3.8, 4) is 5.75 Å². The van der Waals surface area contributed by atoms with Gasteiger partial charge in [0, 0.05) is 12.5 Å². The molecule has 1 aliphatic rings. The lowest BCUT2D eigenvalue weighted by Gasteiger charge is -2.25. The number of para-hydroxylation sites is 1. The quantitative estimate of drug-likeness (QED) is 0.770. The second-order valence-corrected chi connectivity index (χ2v) is 6.64. The zero-order valence-corrected chi connectivity index (χ0v) is 14.2. The molecule has 2 heterocycles. The molecule has 128 valence electrons. The maximum Gasteiger partial charge on any atom is 0.224 e. The van der Waals surface area contributed by atoms with E-state index >= 15 is 0 Å². The zero-order valence-electron chi connectivity index (χ0n) is 14.2. The number of aromatic amines is 1. The van der Waals surface area contributed by atoms with Crippen LogP contribution >= 0.6 is 0 Å². The number of rotatable bonds is 4. The van der Waals surface area contributed by atoms with Gasteiger partial charge in [-0.3, -0.25) is 4.79 Å². The van der Waals surface area contributed by atoms with E-state index in [1.165, 1.54) is 5.56 Å². The highest BCUT2D eigenvalue weighted by Crippen LogP contribution is 2.26. The van der Waals surface area contributed by atoms with Gasteiger partial charge in [0.1, 0.15) is 11.6 Å². The Labute approximate surface area is 146 Å². The number of nitrogens with zero attached hydrogens (tertiary/aromatic N) is 1. The third-order valence-corrected chi connectivity index (χ3v) is 4.57. The van der Waals surface area contributed by atoms with Crippen molar-refractivity contribution in [2.75, 3.05) is 13.2 Å². The molecule has 1 atom stereocenters. The van der Waals surface area contributed by atoms with Crippen LogP contribution < -0.4 is 10.1 Å². The molecule has 1 aliphatic heterocycles. The number of carbonyl (C=O) groups is 1. The number of benzene rings is 2. The fourth-order valence-corrected chi connectivity index (χ4v) is 3.32. The van der Waals surface area contributed by atoms with E-state index in [1.54, 1.807) is 0 Å². The summed E-state index contributed by atoms with van der Waals surface area (Å²) < 4.78 is 5.77. The normalized spacial score (nSPS) is 16.3. The van der Waals surface area contributed by atoms with Crippen LogP contribution in [0.2, 0.25) is 0 Å². The average Bonchev–Trinajstić information content (AvgIpc) is 2.99. The summed E-state index contributed by atoms with van der Waals surface area (Å²) in [6.07, 6.45) is 1.31. The lowest BCUT2D eigenvalue weighted by atomic mass is 9.96. The van der Waals surface area contributed by atoms with E-state index in [0.717, 1.165) is 34.6 Å².